The lowest BCUT2D eigenvalue weighted by Crippen LogP contribution is -2.16. The molecule has 0 atom stereocenters. The van der Waals surface area contributed by atoms with E-state index < -0.39 is 5.97 Å². The molecule has 0 aromatic rings. The molecule has 0 aromatic heterocycles. The van der Waals surface area contributed by atoms with E-state index in [9.17, 15) is 9.59 Å². The van der Waals surface area contributed by atoms with E-state index in [1.54, 1.807) is 18.0 Å². The van der Waals surface area contributed by atoms with Crippen molar-refractivity contribution in [3.05, 3.63) is 24.9 Å². The van der Waals surface area contributed by atoms with Crippen LogP contribution in [-0.4, -0.2) is 41.6 Å². The van der Waals surface area contributed by atoms with Crippen LogP contribution in [-0.2, 0) is 14.3 Å². The van der Waals surface area contributed by atoms with Gasteiger partial charge in [0.1, 0.15) is 6.61 Å². The number of nitrogens with zero attached hydrogens (tertiary/aromatic N) is 1. The smallest absolute Gasteiger partial charge is 0.333 e. The van der Waals surface area contributed by atoms with E-state index in [1.807, 2.05) is 0 Å². The van der Waals surface area contributed by atoms with Gasteiger partial charge in [0, 0.05) is 18.5 Å². The molecule has 0 unspecified atom stereocenters. The number of carbonyl (C=O) groups excluding carboxylic acids is 2. The minimum Gasteiger partial charge on any atom is -0.460 e. The van der Waals surface area contributed by atoms with E-state index in [4.69, 9.17) is 5.11 Å². The van der Waals surface area contributed by atoms with Gasteiger partial charge < -0.3 is 14.7 Å². The summed E-state index contributed by atoms with van der Waals surface area (Å²) < 4.78 is 4.46. The molecule has 0 bridgehead atoms. The van der Waals surface area contributed by atoms with Crippen molar-refractivity contribution < 1.29 is 19.4 Å². The number of ether oxygens (including phenoxy) is 1. The van der Waals surface area contributed by atoms with Gasteiger partial charge >= 0.3 is 5.97 Å². The molecular formula is C12H19NO4. The summed E-state index contributed by atoms with van der Waals surface area (Å²) in [5.41, 5.74) is 0.350. The fourth-order valence-electron chi connectivity index (χ4n) is 1.12. The van der Waals surface area contributed by atoms with E-state index in [0.29, 0.717) is 12.0 Å². The monoisotopic (exact) mass is 241 g/mol. The van der Waals surface area contributed by atoms with E-state index in [2.05, 4.69) is 17.9 Å². The van der Waals surface area contributed by atoms with Gasteiger partial charge in [-0.15, -0.1) is 0 Å². The predicted octanol–water partition coefficient (Wildman–Crippen LogP) is 0.850. The van der Waals surface area contributed by atoms with Gasteiger partial charge in [-0.05, 0) is 19.5 Å². The molecule has 5 heteroatoms. The molecule has 0 aliphatic carbocycles. The van der Waals surface area contributed by atoms with Crippen LogP contribution in [0.3, 0.4) is 0 Å². The number of amides is 1. The van der Waals surface area contributed by atoms with Crippen molar-refractivity contribution in [2.75, 3.05) is 19.8 Å². The SMILES string of the molecule is C=C(C)C(=O)OCCO.C=CN1CCCC1=O. The molecule has 1 fully saturated rings. The van der Waals surface area contributed by atoms with Gasteiger partial charge in [0.2, 0.25) is 5.91 Å². The molecule has 1 amide bonds. The molecule has 96 valence electrons. The third-order valence-corrected chi connectivity index (χ3v) is 2.00. The summed E-state index contributed by atoms with van der Waals surface area (Å²) in [6.45, 7) is 9.18. The summed E-state index contributed by atoms with van der Waals surface area (Å²) in [4.78, 5) is 22.8. The normalized spacial score (nSPS) is 13.8. The summed E-state index contributed by atoms with van der Waals surface area (Å²) in [5.74, 6) is -0.246. The molecule has 0 saturated carbocycles. The highest BCUT2D eigenvalue weighted by Crippen LogP contribution is 2.08. The van der Waals surface area contributed by atoms with Crippen molar-refractivity contribution >= 4 is 11.9 Å². The summed E-state index contributed by atoms with van der Waals surface area (Å²) >= 11 is 0. The number of esters is 1. The number of aliphatic hydroxyl groups is 1. The Morgan fingerprint density at radius 3 is 2.59 bits per heavy atom. The van der Waals surface area contributed by atoms with Crippen LogP contribution in [0.2, 0.25) is 0 Å². The van der Waals surface area contributed by atoms with Crippen LogP contribution >= 0.6 is 0 Å². The van der Waals surface area contributed by atoms with Gasteiger partial charge in [-0.3, -0.25) is 4.79 Å². The van der Waals surface area contributed by atoms with E-state index in [0.717, 1.165) is 13.0 Å². The molecule has 1 aliphatic heterocycles. The van der Waals surface area contributed by atoms with Gasteiger partial charge in [0.05, 0.1) is 6.61 Å². The molecule has 0 aromatic carbocycles. The fraction of sp³-hybridized carbons (Fsp3) is 0.500. The standard InChI is InChI=1S/C6H9NO.C6H10O3/c1-2-7-5-3-4-6(7)8;1-5(2)6(8)9-4-3-7/h2H,1,3-5H2;7H,1,3-4H2,2H3. The van der Waals surface area contributed by atoms with Crippen molar-refractivity contribution in [3.63, 3.8) is 0 Å². The number of rotatable bonds is 4. The Hall–Kier alpha value is -1.62. The second-order valence-electron chi connectivity index (χ2n) is 3.51. The van der Waals surface area contributed by atoms with Crippen molar-refractivity contribution in [3.8, 4) is 0 Å². The first-order valence-corrected chi connectivity index (χ1v) is 5.38. The quantitative estimate of drug-likeness (QED) is 0.585. The first-order chi connectivity index (χ1) is 8.02. The minimum absolute atomic E-state index is 0.0473. The molecule has 1 saturated heterocycles. The first-order valence-electron chi connectivity index (χ1n) is 5.38. The summed E-state index contributed by atoms with van der Waals surface area (Å²) in [7, 11) is 0. The molecule has 0 radical (unpaired) electrons. The van der Waals surface area contributed by atoms with Crippen LogP contribution in [0.5, 0.6) is 0 Å². The van der Waals surface area contributed by atoms with Gasteiger partial charge in [0.15, 0.2) is 0 Å². The Kier molecular flexibility index (Phi) is 7.71. The Morgan fingerprint density at radius 1 is 1.65 bits per heavy atom. The summed E-state index contributed by atoms with van der Waals surface area (Å²) in [6, 6.07) is 0. The lowest BCUT2D eigenvalue weighted by Gasteiger charge is -2.05. The van der Waals surface area contributed by atoms with Crippen molar-refractivity contribution in [1.29, 1.82) is 0 Å². The molecule has 0 spiro atoms. The van der Waals surface area contributed by atoms with Crippen LogP contribution in [0.4, 0.5) is 0 Å². The maximum atomic E-state index is 10.7. The third-order valence-electron chi connectivity index (χ3n) is 2.00. The van der Waals surface area contributed by atoms with Gasteiger partial charge in [-0.2, -0.15) is 0 Å². The lowest BCUT2D eigenvalue weighted by atomic mass is 10.4. The molecule has 17 heavy (non-hydrogen) atoms. The van der Waals surface area contributed by atoms with Crippen LogP contribution in [0.15, 0.2) is 24.9 Å². The molecule has 5 nitrogen and oxygen atoms in total. The Bertz CT molecular complexity index is 299. The molecule has 1 rings (SSSR count). The van der Waals surface area contributed by atoms with Crippen molar-refractivity contribution in [1.82, 2.24) is 4.90 Å². The zero-order valence-electron chi connectivity index (χ0n) is 10.1. The fourth-order valence-corrected chi connectivity index (χ4v) is 1.12. The highest BCUT2D eigenvalue weighted by Gasteiger charge is 2.15. The number of carbonyl (C=O) groups is 2. The number of hydrogen-bond donors (Lipinski definition) is 1. The second-order valence-corrected chi connectivity index (χ2v) is 3.51. The maximum Gasteiger partial charge on any atom is 0.333 e. The largest absolute Gasteiger partial charge is 0.460 e. The lowest BCUT2D eigenvalue weighted by molar-refractivity contribution is -0.139. The van der Waals surface area contributed by atoms with Crippen molar-refractivity contribution in [2.24, 2.45) is 0 Å². The summed E-state index contributed by atoms with van der Waals surface area (Å²) in [6.07, 6.45) is 3.28. The van der Waals surface area contributed by atoms with Crippen LogP contribution in [0, 0.1) is 0 Å². The van der Waals surface area contributed by atoms with Gasteiger partial charge in [-0.25, -0.2) is 4.79 Å². The van der Waals surface area contributed by atoms with E-state index in [-0.39, 0.29) is 19.1 Å². The third kappa shape index (κ3) is 6.52. The van der Waals surface area contributed by atoms with Crippen LogP contribution < -0.4 is 0 Å². The first kappa shape index (κ1) is 15.4. The average molecular weight is 241 g/mol. The van der Waals surface area contributed by atoms with Crippen LogP contribution in [0.25, 0.3) is 0 Å². The van der Waals surface area contributed by atoms with Gasteiger partial charge in [-0.1, -0.05) is 13.2 Å². The summed E-state index contributed by atoms with van der Waals surface area (Å²) in [5, 5.41) is 8.19. The van der Waals surface area contributed by atoms with Gasteiger partial charge in [0.25, 0.3) is 0 Å². The van der Waals surface area contributed by atoms with E-state index in [1.165, 1.54) is 0 Å². The van der Waals surface area contributed by atoms with E-state index >= 15 is 0 Å². The zero-order valence-corrected chi connectivity index (χ0v) is 10.1. The van der Waals surface area contributed by atoms with Crippen molar-refractivity contribution in [2.45, 2.75) is 19.8 Å². The number of likely N-dealkylation sites (tertiary alicyclic amines) is 1. The molecule has 1 aliphatic rings. The predicted molar refractivity (Wildman–Crippen MR) is 64.0 cm³/mol. The average Bonchev–Trinajstić information content (AvgIpc) is 2.72. The van der Waals surface area contributed by atoms with Crippen LogP contribution in [0.1, 0.15) is 19.8 Å². The number of aliphatic hydroxyl groups excluding tert-OH is 1. The second kappa shape index (κ2) is 8.52. The number of hydrogen-bond acceptors (Lipinski definition) is 4. The molecule has 1 N–H and O–H groups in total. The molecule has 1 heterocycles. The zero-order chi connectivity index (χ0) is 13.3. The maximum absolute atomic E-state index is 10.7. The topological polar surface area (TPSA) is 66.8 Å². The Labute approximate surface area is 101 Å². The minimum atomic E-state index is -0.455. The Morgan fingerprint density at radius 2 is 2.29 bits per heavy atom. The molecular weight excluding hydrogens is 222 g/mol. The highest BCUT2D eigenvalue weighted by molar-refractivity contribution is 5.86. The Balaban J connectivity index is 0.000000302. The highest BCUT2D eigenvalue weighted by atomic mass is 16.5.